The van der Waals surface area contributed by atoms with E-state index in [4.69, 9.17) is 28.9 Å². The van der Waals surface area contributed by atoms with Crippen molar-refractivity contribution in [2.24, 2.45) is 0 Å². The van der Waals surface area contributed by atoms with Crippen molar-refractivity contribution in [3.05, 3.63) is 69.6 Å². The summed E-state index contributed by atoms with van der Waals surface area (Å²) in [6.07, 6.45) is 1.70. The molecule has 0 radical (unpaired) electrons. The predicted octanol–water partition coefficient (Wildman–Crippen LogP) is 4.27. The standard InChI is InChI=1S/C20H15ClN2O4S2/c21-15-7-2-1-4-12(15)11-16-18(25)23(20(28)29-16)9-8-17(24)22-14-6-3-5-13(10-14)19(26)27/h1-7,10-11H,8-9H2,(H,22,24)(H,26,27)/b16-11-. The number of nitrogens with one attached hydrogen (secondary N) is 1. The highest BCUT2D eigenvalue weighted by molar-refractivity contribution is 8.26. The number of benzene rings is 2. The zero-order valence-corrected chi connectivity index (χ0v) is 17.3. The highest BCUT2D eigenvalue weighted by atomic mass is 35.5. The van der Waals surface area contributed by atoms with E-state index in [0.717, 1.165) is 11.8 Å². The number of carbonyl (C=O) groups is 3. The molecule has 0 unspecified atom stereocenters. The van der Waals surface area contributed by atoms with E-state index in [9.17, 15) is 14.4 Å². The van der Waals surface area contributed by atoms with Gasteiger partial charge in [-0.05, 0) is 35.9 Å². The van der Waals surface area contributed by atoms with Crippen LogP contribution in [0, 0.1) is 0 Å². The van der Waals surface area contributed by atoms with Gasteiger partial charge >= 0.3 is 5.97 Å². The van der Waals surface area contributed by atoms with Crippen LogP contribution in [0.5, 0.6) is 0 Å². The van der Waals surface area contributed by atoms with E-state index < -0.39 is 5.97 Å². The fourth-order valence-corrected chi connectivity index (χ4v) is 4.08. The molecule has 6 nitrogen and oxygen atoms in total. The third-order valence-electron chi connectivity index (χ3n) is 4.02. The lowest BCUT2D eigenvalue weighted by molar-refractivity contribution is -0.122. The Kier molecular flexibility index (Phi) is 6.68. The second-order valence-electron chi connectivity index (χ2n) is 6.04. The van der Waals surface area contributed by atoms with Crippen molar-refractivity contribution < 1.29 is 19.5 Å². The van der Waals surface area contributed by atoms with Crippen molar-refractivity contribution in [3.63, 3.8) is 0 Å². The van der Waals surface area contributed by atoms with Crippen molar-refractivity contribution in [1.29, 1.82) is 0 Å². The van der Waals surface area contributed by atoms with Crippen LogP contribution < -0.4 is 5.32 Å². The molecule has 9 heteroatoms. The molecule has 3 rings (SSSR count). The van der Waals surface area contributed by atoms with Gasteiger partial charge in [0.2, 0.25) is 5.91 Å². The summed E-state index contributed by atoms with van der Waals surface area (Å²) in [7, 11) is 0. The summed E-state index contributed by atoms with van der Waals surface area (Å²) in [5, 5.41) is 12.2. The van der Waals surface area contributed by atoms with Gasteiger partial charge in [-0.2, -0.15) is 0 Å². The highest BCUT2D eigenvalue weighted by Crippen LogP contribution is 2.33. The van der Waals surface area contributed by atoms with Gasteiger partial charge in [-0.1, -0.05) is 59.8 Å². The molecule has 2 amide bonds. The van der Waals surface area contributed by atoms with Crippen LogP contribution >= 0.6 is 35.6 Å². The summed E-state index contributed by atoms with van der Waals surface area (Å²) >= 11 is 12.6. The number of aromatic carboxylic acids is 1. The van der Waals surface area contributed by atoms with E-state index in [2.05, 4.69) is 5.32 Å². The van der Waals surface area contributed by atoms with E-state index in [0.29, 0.717) is 25.5 Å². The molecule has 1 saturated heterocycles. The molecule has 2 aromatic carbocycles. The summed E-state index contributed by atoms with van der Waals surface area (Å²) < 4.78 is 0.369. The van der Waals surface area contributed by atoms with Crippen molar-refractivity contribution >= 4 is 69.4 Å². The van der Waals surface area contributed by atoms with Gasteiger partial charge in [-0.25, -0.2) is 4.79 Å². The molecule has 2 aromatic rings. The Balaban J connectivity index is 1.62. The number of thiocarbonyl (C=S) groups is 1. The monoisotopic (exact) mass is 446 g/mol. The molecule has 1 aliphatic rings. The zero-order chi connectivity index (χ0) is 21.0. The normalized spacial score (nSPS) is 15.1. The molecular weight excluding hydrogens is 432 g/mol. The van der Waals surface area contributed by atoms with Crippen LogP contribution in [0.3, 0.4) is 0 Å². The average Bonchev–Trinajstić information content (AvgIpc) is 2.95. The number of anilines is 1. The predicted molar refractivity (Wildman–Crippen MR) is 118 cm³/mol. The third-order valence-corrected chi connectivity index (χ3v) is 5.74. The zero-order valence-electron chi connectivity index (χ0n) is 14.9. The van der Waals surface area contributed by atoms with Crippen LogP contribution in [-0.4, -0.2) is 38.7 Å². The number of hydrogen-bond acceptors (Lipinski definition) is 5. The van der Waals surface area contributed by atoms with Crippen molar-refractivity contribution in [2.45, 2.75) is 6.42 Å². The van der Waals surface area contributed by atoms with Gasteiger partial charge < -0.3 is 10.4 Å². The van der Waals surface area contributed by atoms with Gasteiger partial charge in [0.1, 0.15) is 4.32 Å². The third kappa shape index (κ3) is 5.23. The Morgan fingerprint density at radius 3 is 2.69 bits per heavy atom. The minimum atomic E-state index is -1.08. The van der Waals surface area contributed by atoms with E-state index in [-0.39, 0.29) is 30.3 Å². The van der Waals surface area contributed by atoms with Crippen LogP contribution in [-0.2, 0) is 9.59 Å². The molecule has 1 aliphatic heterocycles. The van der Waals surface area contributed by atoms with Gasteiger partial charge in [0.25, 0.3) is 5.91 Å². The van der Waals surface area contributed by atoms with Gasteiger partial charge in [0.05, 0.1) is 10.5 Å². The molecule has 148 valence electrons. The van der Waals surface area contributed by atoms with Gasteiger partial charge in [-0.15, -0.1) is 0 Å². The lowest BCUT2D eigenvalue weighted by atomic mass is 10.2. The van der Waals surface area contributed by atoms with E-state index in [1.165, 1.54) is 17.0 Å². The molecular formula is C20H15ClN2O4S2. The molecule has 0 aromatic heterocycles. The van der Waals surface area contributed by atoms with Gasteiger partial charge in [0, 0.05) is 23.7 Å². The van der Waals surface area contributed by atoms with E-state index >= 15 is 0 Å². The minimum Gasteiger partial charge on any atom is -0.478 e. The number of amides is 2. The Morgan fingerprint density at radius 2 is 1.97 bits per heavy atom. The maximum absolute atomic E-state index is 12.6. The number of rotatable bonds is 6. The van der Waals surface area contributed by atoms with Crippen molar-refractivity contribution in [3.8, 4) is 0 Å². The first-order valence-corrected chi connectivity index (χ1v) is 10.1. The lowest BCUT2D eigenvalue weighted by Crippen LogP contribution is -2.31. The lowest BCUT2D eigenvalue weighted by Gasteiger charge is -2.14. The summed E-state index contributed by atoms with van der Waals surface area (Å²) in [5.74, 6) is -1.71. The van der Waals surface area contributed by atoms with Gasteiger partial charge in [-0.3, -0.25) is 14.5 Å². The van der Waals surface area contributed by atoms with E-state index in [1.807, 2.05) is 6.07 Å². The second-order valence-corrected chi connectivity index (χ2v) is 8.12. The largest absolute Gasteiger partial charge is 0.478 e. The second kappa shape index (κ2) is 9.21. The van der Waals surface area contributed by atoms with Crippen LogP contribution in [0.2, 0.25) is 5.02 Å². The number of thioether (sulfide) groups is 1. The SMILES string of the molecule is O=C(CCN1C(=O)/C(=C/c2ccccc2Cl)SC1=S)Nc1cccc(C(=O)O)c1. The molecule has 1 fully saturated rings. The van der Waals surface area contributed by atoms with Crippen molar-refractivity contribution in [1.82, 2.24) is 4.90 Å². The number of halogens is 1. The molecule has 29 heavy (non-hydrogen) atoms. The molecule has 0 spiro atoms. The Hall–Kier alpha value is -2.68. The molecule has 0 atom stereocenters. The molecule has 1 heterocycles. The first-order valence-electron chi connectivity index (χ1n) is 8.48. The van der Waals surface area contributed by atoms with Crippen LogP contribution in [0.4, 0.5) is 5.69 Å². The van der Waals surface area contributed by atoms with Crippen LogP contribution in [0.15, 0.2) is 53.4 Å². The van der Waals surface area contributed by atoms with Crippen LogP contribution in [0.25, 0.3) is 6.08 Å². The highest BCUT2D eigenvalue weighted by Gasteiger charge is 2.32. The number of hydrogen-bond donors (Lipinski definition) is 2. The number of nitrogens with zero attached hydrogens (tertiary/aromatic N) is 1. The fourth-order valence-electron chi connectivity index (χ4n) is 2.59. The fraction of sp³-hybridized carbons (Fsp3) is 0.100. The number of carboxylic acids is 1. The molecule has 2 N–H and O–H groups in total. The molecule has 0 aliphatic carbocycles. The topological polar surface area (TPSA) is 86.7 Å². The molecule has 0 saturated carbocycles. The maximum Gasteiger partial charge on any atom is 0.335 e. The summed E-state index contributed by atoms with van der Waals surface area (Å²) in [4.78, 5) is 37.7. The summed E-state index contributed by atoms with van der Waals surface area (Å²) in [6.45, 7) is 0.120. The minimum absolute atomic E-state index is 0.0170. The van der Waals surface area contributed by atoms with Gasteiger partial charge in [0.15, 0.2) is 0 Å². The Bertz CT molecular complexity index is 1040. The molecule has 0 bridgehead atoms. The summed E-state index contributed by atoms with van der Waals surface area (Å²) in [6, 6.07) is 13.1. The summed E-state index contributed by atoms with van der Waals surface area (Å²) in [5.41, 5.74) is 1.16. The van der Waals surface area contributed by atoms with Crippen molar-refractivity contribution in [2.75, 3.05) is 11.9 Å². The smallest absolute Gasteiger partial charge is 0.335 e. The number of carbonyl (C=O) groups excluding carboxylic acids is 2. The number of carboxylic acid groups (broad SMARTS) is 1. The quantitative estimate of drug-likeness (QED) is 0.509. The van der Waals surface area contributed by atoms with Crippen LogP contribution in [0.1, 0.15) is 22.3 Å². The first-order chi connectivity index (χ1) is 13.8. The first kappa shape index (κ1) is 21.0. The Morgan fingerprint density at radius 1 is 1.21 bits per heavy atom. The van der Waals surface area contributed by atoms with E-state index in [1.54, 1.807) is 36.4 Å². The average molecular weight is 447 g/mol. The maximum atomic E-state index is 12.6. The Labute approximate surface area is 181 Å².